The van der Waals surface area contributed by atoms with Gasteiger partial charge in [-0.25, -0.2) is 13.2 Å². The van der Waals surface area contributed by atoms with Gasteiger partial charge in [0.15, 0.2) is 0 Å². The Morgan fingerprint density at radius 1 is 1.24 bits per heavy atom. The Morgan fingerprint density at radius 3 is 2.74 bits per heavy atom. The van der Waals surface area contributed by atoms with E-state index in [0.717, 1.165) is 49.2 Å². The first kappa shape index (κ1) is 30.9. The summed E-state index contributed by atoms with van der Waals surface area (Å²) in [4.78, 5) is 14.2. The number of benzene rings is 2. The van der Waals surface area contributed by atoms with Crippen molar-refractivity contribution in [3.8, 4) is 5.75 Å². The van der Waals surface area contributed by atoms with Crippen molar-refractivity contribution >= 4 is 33.1 Å². The molecule has 0 aromatic heterocycles. The van der Waals surface area contributed by atoms with Gasteiger partial charge in [-0.2, -0.15) is 0 Å². The van der Waals surface area contributed by atoms with Crippen LogP contribution in [0.3, 0.4) is 0 Å². The second-order valence-electron chi connectivity index (χ2n) is 12.6. The quantitative estimate of drug-likeness (QED) is 0.320. The molecule has 1 aliphatic heterocycles. The Kier molecular flexibility index (Phi) is 9.26. The molecule has 0 bridgehead atoms. The number of hydrogen-bond acceptors (Lipinski definition) is 6. The molecular formula is C33H42ClNO6S. The lowest BCUT2D eigenvalue weighted by Crippen LogP contribution is -2.49. The first-order valence-corrected chi connectivity index (χ1v) is 17.5. The second kappa shape index (κ2) is 12.6. The van der Waals surface area contributed by atoms with Gasteiger partial charge in [-0.1, -0.05) is 43.2 Å². The van der Waals surface area contributed by atoms with Crippen LogP contribution < -0.4 is 9.64 Å². The number of nitrogens with zero attached hydrogens (tertiary/aromatic N) is 1. The molecule has 1 spiro atoms. The molecule has 2 aromatic rings. The molecule has 0 radical (unpaired) electrons. The number of rotatable bonds is 10. The van der Waals surface area contributed by atoms with Crippen LogP contribution in [0.4, 0.5) is 5.69 Å². The van der Waals surface area contributed by atoms with E-state index in [1.54, 1.807) is 18.2 Å². The fraction of sp³-hybridized carbons (Fsp3) is 0.545. The van der Waals surface area contributed by atoms with Crippen LogP contribution in [-0.2, 0) is 21.7 Å². The van der Waals surface area contributed by atoms with Gasteiger partial charge in [0, 0.05) is 29.8 Å². The first-order valence-electron chi connectivity index (χ1n) is 15.0. The minimum absolute atomic E-state index is 0.0436. The maximum Gasteiger partial charge on any atom is 0.335 e. The molecule has 0 amide bonds. The largest absolute Gasteiger partial charge is 0.490 e. The number of aromatic carboxylic acids is 1. The molecule has 9 heteroatoms. The molecule has 5 rings (SSSR count). The van der Waals surface area contributed by atoms with Gasteiger partial charge in [0.1, 0.15) is 15.6 Å². The van der Waals surface area contributed by atoms with Crippen LogP contribution in [0.5, 0.6) is 5.75 Å². The highest BCUT2D eigenvalue weighted by atomic mass is 35.5. The normalized spacial score (nSPS) is 25.2. The zero-order valence-corrected chi connectivity index (χ0v) is 26.0. The topological polar surface area (TPSA) is 104 Å². The van der Waals surface area contributed by atoms with Crippen molar-refractivity contribution in [2.45, 2.75) is 63.4 Å². The number of fused-ring (bicyclic) bond motifs is 3. The fourth-order valence-corrected chi connectivity index (χ4v) is 8.56. The standard InChI is InChI=1S/C33H42ClNO6S/c1-3-22(19-42(2,39)40)6-4-8-30(36)27-12-9-25(27)18-35-20-33(15-5-7-23-16-26(34)11-13-28(23)33)21-41-31-14-10-24(32(37)38)17-29(31)35/h4,8,10-11,13-14,16-17,22,25,27,30,36H,3,5-7,9,12,15,18-21H2,1-2H3,(H,37,38)/b8-4+/t22-,25-,27+,30-,33-/m0/s1. The molecule has 0 saturated heterocycles. The number of anilines is 1. The Hall–Kier alpha value is -2.55. The van der Waals surface area contributed by atoms with Gasteiger partial charge in [-0.05, 0) is 97.7 Å². The van der Waals surface area contributed by atoms with E-state index in [2.05, 4.69) is 17.0 Å². The summed E-state index contributed by atoms with van der Waals surface area (Å²) in [5, 5.41) is 21.6. The molecule has 3 aliphatic rings. The van der Waals surface area contributed by atoms with Crippen molar-refractivity contribution in [2.24, 2.45) is 17.8 Å². The molecule has 228 valence electrons. The summed E-state index contributed by atoms with van der Waals surface area (Å²) >= 11 is 6.36. The lowest BCUT2D eigenvalue weighted by atomic mass is 9.68. The number of carboxylic acid groups (broad SMARTS) is 1. The average molecular weight is 616 g/mol. The Bertz CT molecular complexity index is 1440. The zero-order valence-electron chi connectivity index (χ0n) is 24.5. The van der Waals surface area contributed by atoms with Gasteiger partial charge in [-0.3, -0.25) is 0 Å². The van der Waals surface area contributed by atoms with Crippen LogP contribution >= 0.6 is 11.6 Å². The number of hydrogen-bond donors (Lipinski definition) is 2. The number of carbonyl (C=O) groups is 1. The van der Waals surface area contributed by atoms with Crippen LogP contribution in [0.25, 0.3) is 0 Å². The Balaban J connectivity index is 1.38. The summed E-state index contributed by atoms with van der Waals surface area (Å²) in [6, 6.07) is 11.2. The maximum absolute atomic E-state index is 11.9. The number of aryl methyl sites for hydroxylation is 1. The minimum atomic E-state index is -3.05. The van der Waals surface area contributed by atoms with E-state index in [9.17, 15) is 23.4 Å². The molecule has 7 nitrogen and oxygen atoms in total. The number of aliphatic hydroxyl groups excluding tert-OH is 1. The van der Waals surface area contributed by atoms with Crippen molar-refractivity contribution in [3.63, 3.8) is 0 Å². The Labute approximate surface area is 254 Å². The summed E-state index contributed by atoms with van der Waals surface area (Å²) in [5.41, 5.74) is 3.25. The first-order chi connectivity index (χ1) is 20.0. The average Bonchev–Trinajstić information content (AvgIpc) is 3.06. The molecular weight excluding hydrogens is 574 g/mol. The van der Waals surface area contributed by atoms with Crippen molar-refractivity contribution in [2.75, 3.05) is 36.6 Å². The molecule has 1 saturated carbocycles. The highest BCUT2D eigenvalue weighted by molar-refractivity contribution is 7.90. The third-order valence-corrected chi connectivity index (χ3v) is 10.9. The predicted octanol–water partition coefficient (Wildman–Crippen LogP) is 5.92. The van der Waals surface area contributed by atoms with E-state index < -0.39 is 21.9 Å². The third-order valence-electron chi connectivity index (χ3n) is 9.57. The molecule has 2 N–H and O–H groups in total. The van der Waals surface area contributed by atoms with E-state index in [0.29, 0.717) is 31.9 Å². The van der Waals surface area contributed by atoms with Gasteiger partial charge in [0.25, 0.3) is 0 Å². The molecule has 1 heterocycles. The predicted molar refractivity (Wildman–Crippen MR) is 167 cm³/mol. The molecule has 2 aromatic carbocycles. The van der Waals surface area contributed by atoms with E-state index in [-0.39, 0.29) is 34.5 Å². The summed E-state index contributed by atoms with van der Waals surface area (Å²) in [5.74, 6) is 0.222. The number of aliphatic hydroxyl groups is 1. The number of carboxylic acids is 1. The number of allylic oxidation sites excluding steroid dienone is 1. The molecule has 1 fully saturated rings. The molecule has 5 atom stereocenters. The van der Waals surface area contributed by atoms with E-state index in [1.165, 1.54) is 17.4 Å². The van der Waals surface area contributed by atoms with Gasteiger partial charge < -0.3 is 19.8 Å². The van der Waals surface area contributed by atoms with E-state index in [1.807, 2.05) is 25.1 Å². The third kappa shape index (κ3) is 6.81. The van der Waals surface area contributed by atoms with Crippen molar-refractivity contribution in [1.82, 2.24) is 0 Å². The number of sulfone groups is 1. The molecule has 0 unspecified atom stereocenters. The summed E-state index contributed by atoms with van der Waals surface area (Å²) in [6.07, 6.45) is 10.7. The van der Waals surface area contributed by atoms with Gasteiger partial charge >= 0.3 is 5.97 Å². The smallest absolute Gasteiger partial charge is 0.335 e. The number of halogens is 1. The van der Waals surface area contributed by atoms with Crippen LogP contribution in [0.2, 0.25) is 5.02 Å². The molecule has 42 heavy (non-hydrogen) atoms. The van der Waals surface area contributed by atoms with Crippen LogP contribution in [0.15, 0.2) is 48.6 Å². The van der Waals surface area contributed by atoms with Crippen LogP contribution in [-0.4, -0.2) is 62.4 Å². The zero-order chi connectivity index (χ0) is 30.1. The summed E-state index contributed by atoms with van der Waals surface area (Å²) in [6.45, 7) is 3.87. The highest BCUT2D eigenvalue weighted by Gasteiger charge is 2.44. The summed E-state index contributed by atoms with van der Waals surface area (Å²) < 4.78 is 29.9. The highest BCUT2D eigenvalue weighted by Crippen LogP contribution is 2.46. The molecule has 2 aliphatic carbocycles. The Morgan fingerprint density at radius 2 is 2.05 bits per heavy atom. The van der Waals surface area contributed by atoms with Gasteiger partial charge in [0.05, 0.1) is 29.7 Å². The number of ether oxygens (including phenoxy) is 1. The van der Waals surface area contributed by atoms with Crippen LogP contribution in [0, 0.1) is 17.8 Å². The summed E-state index contributed by atoms with van der Waals surface area (Å²) in [7, 11) is -3.05. The fourth-order valence-electron chi connectivity index (χ4n) is 7.14. The lowest BCUT2D eigenvalue weighted by molar-refractivity contribution is 0.0456. The lowest BCUT2D eigenvalue weighted by Gasteiger charge is -2.45. The van der Waals surface area contributed by atoms with Gasteiger partial charge in [0.2, 0.25) is 0 Å². The van der Waals surface area contributed by atoms with Crippen molar-refractivity contribution < 1.29 is 28.2 Å². The van der Waals surface area contributed by atoms with E-state index >= 15 is 0 Å². The monoisotopic (exact) mass is 615 g/mol. The van der Waals surface area contributed by atoms with Gasteiger partial charge in [-0.15, -0.1) is 0 Å². The SMILES string of the molecule is CC[C@@H](C/C=C/[C@H](O)[C@@H]1CC[C@H]1CN1C[C@@]2(CCCc3cc(Cl)ccc32)COc2ccc(C(=O)O)cc21)CS(C)(=O)=O. The van der Waals surface area contributed by atoms with Crippen molar-refractivity contribution in [3.05, 3.63) is 70.3 Å². The van der Waals surface area contributed by atoms with E-state index in [4.69, 9.17) is 16.3 Å². The van der Waals surface area contributed by atoms with Crippen molar-refractivity contribution in [1.29, 1.82) is 0 Å². The van der Waals surface area contributed by atoms with Crippen LogP contribution in [0.1, 0.15) is 66.9 Å². The maximum atomic E-state index is 11.9. The second-order valence-corrected chi connectivity index (χ2v) is 15.2. The minimum Gasteiger partial charge on any atom is -0.490 e.